The Hall–Kier alpha value is -2.04. The zero-order valence-corrected chi connectivity index (χ0v) is 17.4. The predicted octanol–water partition coefficient (Wildman–Crippen LogP) is 4.21. The molecule has 0 aromatic heterocycles. The van der Waals surface area contributed by atoms with Crippen LogP contribution in [0.5, 0.6) is 11.5 Å². The predicted molar refractivity (Wildman–Crippen MR) is 117 cm³/mol. The zero-order valence-electron chi connectivity index (χ0n) is 17.4. The van der Waals surface area contributed by atoms with E-state index in [0.29, 0.717) is 0 Å². The van der Waals surface area contributed by atoms with Gasteiger partial charge >= 0.3 is 0 Å². The maximum Gasteiger partial charge on any atom is 0.119 e. The average molecular weight is 393 g/mol. The second-order valence-corrected chi connectivity index (χ2v) is 8.61. The van der Waals surface area contributed by atoms with E-state index in [0.717, 1.165) is 57.1 Å². The minimum Gasteiger partial charge on any atom is -0.494 e. The first-order valence-corrected chi connectivity index (χ1v) is 11.3. The van der Waals surface area contributed by atoms with Crippen molar-refractivity contribution in [2.75, 3.05) is 52.5 Å². The number of rotatable bonds is 10. The smallest absolute Gasteiger partial charge is 0.119 e. The van der Waals surface area contributed by atoms with Crippen molar-refractivity contribution in [3.8, 4) is 22.6 Å². The lowest BCUT2D eigenvalue weighted by atomic mass is 10.1. The van der Waals surface area contributed by atoms with Gasteiger partial charge in [0.2, 0.25) is 0 Å². The van der Waals surface area contributed by atoms with Crippen LogP contribution in [0.2, 0.25) is 0 Å². The second kappa shape index (κ2) is 8.76. The van der Waals surface area contributed by atoms with E-state index in [1.807, 2.05) is 0 Å². The van der Waals surface area contributed by atoms with Gasteiger partial charge in [0.1, 0.15) is 11.5 Å². The fourth-order valence-corrected chi connectivity index (χ4v) is 4.47. The minimum absolute atomic E-state index is 0.794. The monoisotopic (exact) mass is 392 g/mol. The third-order valence-corrected chi connectivity index (χ3v) is 6.51. The van der Waals surface area contributed by atoms with Crippen molar-refractivity contribution >= 4 is 0 Å². The normalized spacial score (nSPS) is 17.9. The fraction of sp³-hybridized carbons (Fsp3) is 0.520. The molecule has 4 heteroatoms. The Bertz CT molecular complexity index is 773. The van der Waals surface area contributed by atoms with Crippen LogP contribution in [0, 0.1) is 0 Å². The Labute approximate surface area is 174 Å². The van der Waals surface area contributed by atoms with Crippen molar-refractivity contribution in [2.24, 2.45) is 0 Å². The third kappa shape index (κ3) is 4.44. The summed E-state index contributed by atoms with van der Waals surface area (Å²) in [4.78, 5) is 4.99. The molecule has 0 spiro atoms. The molecule has 2 heterocycles. The van der Waals surface area contributed by atoms with Crippen LogP contribution in [0.3, 0.4) is 0 Å². The first-order chi connectivity index (χ1) is 14.3. The molecule has 154 valence electrons. The first-order valence-electron chi connectivity index (χ1n) is 11.3. The van der Waals surface area contributed by atoms with Gasteiger partial charge in [-0.15, -0.1) is 0 Å². The van der Waals surface area contributed by atoms with Crippen molar-refractivity contribution in [2.45, 2.75) is 32.1 Å². The van der Waals surface area contributed by atoms with Gasteiger partial charge in [0.15, 0.2) is 0 Å². The summed E-state index contributed by atoms with van der Waals surface area (Å²) in [6.45, 7) is 8.95. The van der Waals surface area contributed by atoms with Gasteiger partial charge in [0.25, 0.3) is 0 Å². The molecule has 2 aromatic carbocycles. The highest BCUT2D eigenvalue weighted by Crippen LogP contribution is 2.40. The van der Waals surface area contributed by atoms with Crippen LogP contribution in [0.25, 0.3) is 11.1 Å². The molecule has 0 unspecified atom stereocenters. The van der Waals surface area contributed by atoms with E-state index >= 15 is 0 Å². The summed E-state index contributed by atoms with van der Waals surface area (Å²) in [5.74, 6) is 1.97. The van der Waals surface area contributed by atoms with Crippen LogP contribution in [-0.2, 0) is 6.42 Å². The highest BCUT2D eigenvalue weighted by atomic mass is 16.5. The Morgan fingerprint density at radius 2 is 1.14 bits per heavy atom. The van der Waals surface area contributed by atoms with Crippen molar-refractivity contribution in [1.82, 2.24) is 9.80 Å². The summed E-state index contributed by atoms with van der Waals surface area (Å²) in [6.07, 6.45) is 5.92. The molecular formula is C25H32N2O2. The number of hydrogen-bond acceptors (Lipinski definition) is 4. The van der Waals surface area contributed by atoms with Gasteiger partial charge in [-0.2, -0.15) is 0 Å². The van der Waals surface area contributed by atoms with Crippen molar-refractivity contribution in [3.63, 3.8) is 0 Å². The lowest BCUT2D eigenvalue weighted by molar-refractivity contribution is 0.165. The average Bonchev–Trinajstić information content (AvgIpc) is 3.02. The van der Waals surface area contributed by atoms with Gasteiger partial charge in [0.05, 0.1) is 13.2 Å². The Kier molecular flexibility index (Phi) is 5.73. The van der Waals surface area contributed by atoms with E-state index < -0.39 is 0 Å². The van der Waals surface area contributed by atoms with E-state index in [-0.39, 0.29) is 0 Å². The lowest BCUT2D eigenvalue weighted by Gasteiger charge is -2.30. The Morgan fingerprint density at radius 1 is 0.655 bits per heavy atom. The summed E-state index contributed by atoms with van der Waals surface area (Å²) < 4.78 is 12.1. The van der Waals surface area contributed by atoms with Crippen LogP contribution < -0.4 is 9.47 Å². The number of likely N-dealkylation sites (tertiary alicyclic amines) is 2. The largest absolute Gasteiger partial charge is 0.494 e. The van der Waals surface area contributed by atoms with Crippen LogP contribution >= 0.6 is 0 Å². The van der Waals surface area contributed by atoms with Gasteiger partial charge in [-0.3, -0.25) is 0 Å². The van der Waals surface area contributed by atoms with Crippen LogP contribution in [-0.4, -0.2) is 62.3 Å². The quantitative estimate of drug-likeness (QED) is 0.483. The molecule has 2 aliphatic heterocycles. The highest BCUT2D eigenvalue weighted by molar-refractivity contribution is 5.78. The number of benzene rings is 2. The molecule has 2 aromatic rings. The van der Waals surface area contributed by atoms with Crippen LogP contribution in [0.4, 0.5) is 0 Å². The number of ether oxygens (including phenoxy) is 2. The van der Waals surface area contributed by atoms with E-state index in [1.54, 1.807) is 0 Å². The van der Waals surface area contributed by atoms with Crippen molar-refractivity contribution < 1.29 is 9.47 Å². The zero-order chi connectivity index (χ0) is 19.5. The van der Waals surface area contributed by atoms with Crippen LogP contribution in [0.15, 0.2) is 36.4 Å². The third-order valence-electron chi connectivity index (χ3n) is 6.51. The summed E-state index contributed by atoms with van der Waals surface area (Å²) in [5.41, 5.74) is 5.41. The summed E-state index contributed by atoms with van der Waals surface area (Å²) in [6, 6.07) is 13.2. The van der Waals surface area contributed by atoms with Gasteiger partial charge in [-0.25, -0.2) is 0 Å². The molecule has 2 fully saturated rings. The van der Waals surface area contributed by atoms with Gasteiger partial charge in [0, 0.05) is 13.1 Å². The van der Waals surface area contributed by atoms with E-state index in [9.17, 15) is 0 Å². The molecule has 3 aliphatic rings. The van der Waals surface area contributed by atoms with Crippen molar-refractivity contribution in [3.05, 3.63) is 47.5 Å². The summed E-state index contributed by atoms with van der Waals surface area (Å²) in [5, 5.41) is 0. The lowest BCUT2D eigenvalue weighted by Crippen LogP contribution is -2.38. The second-order valence-electron chi connectivity index (χ2n) is 8.61. The van der Waals surface area contributed by atoms with Gasteiger partial charge in [-0.05, 0) is 105 Å². The molecule has 2 saturated heterocycles. The van der Waals surface area contributed by atoms with Crippen molar-refractivity contribution in [1.29, 1.82) is 0 Å². The van der Waals surface area contributed by atoms with Gasteiger partial charge < -0.3 is 19.3 Å². The SMILES string of the molecule is c1cc2c(cc1OCCCN1CCC1)-c1cc(OCCCN3CCC3)ccc1C2. The summed E-state index contributed by atoms with van der Waals surface area (Å²) in [7, 11) is 0. The number of nitrogens with zero attached hydrogens (tertiary/aromatic N) is 2. The molecular weight excluding hydrogens is 360 g/mol. The van der Waals surface area contributed by atoms with E-state index in [1.165, 1.54) is 61.3 Å². The van der Waals surface area contributed by atoms with Gasteiger partial charge in [-0.1, -0.05) is 12.1 Å². The highest BCUT2D eigenvalue weighted by Gasteiger charge is 2.20. The Morgan fingerprint density at radius 3 is 1.55 bits per heavy atom. The fourth-order valence-electron chi connectivity index (χ4n) is 4.47. The van der Waals surface area contributed by atoms with E-state index in [2.05, 4.69) is 46.2 Å². The number of hydrogen-bond donors (Lipinski definition) is 0. The molecule has 0 saturated carbocycles. The molecule has 1 aliphatic carbocycles. The molecule has 0 N–H and O–H groups in total. The molecule has 5 rings (SSSR count). The summed E-state index contributed by atoms with van der Waals surface area (Å²) >= 11 is 0. The molecule has 29 heavy (non-hydrogen) atoms. The first kappa shape index (κ1) is 19.0. The molecule has 4 nitrogen and oxygen atoms in total. The number of fused-ring (bicyclic) bond motifs is 3. The Balaban J connectivity index is 1.17. The van der Waals surface area contributed by atoms with E-state index in [4.69, 9.17) is 9.47 Å². The minimum atomic E-state index is 0.794. The molecule has 0 amide bonds. The van der Waals surface area contributed by atoms with Crippen LogP contribution in [0.1, 0.15) is 36.8 Å². The molecule has 0 atom stereocenters. The molecule has 0 radical (unpaired) electrons. The maximum absolute atomic E-state index is 6.05. The molecule has 0 bridgehead atoms. The maximum atomic E-state index is 6.05. The standard InChI is InChI=1S/C25H32N2O2/c1-9-26(10-1)13-3-15-28-22-7-5-20-17-21-6-8-23(19-25(21)24(20)18-22)29-16-4-14-27-11-2-12-27/h5-8,18-19H,1-4,9-17H2. The topological polar surface area (TPSA) is 24.9 Å².